The maximum absolute atomic E-state index is 12.6. The van der Waals surface area contributed by atoms with Gasteiger partial charge in [0.1, 0.15) is 17.9 Å². The third-order valence-electron chi connectivity index (χ3n) is 4.32. The zero-order chi connectivity index (χ0) is 17.8. The van der Waals surface area contributed by atoms with Gasteiger partial charge in [-0.05, 0) is 19.9 Å². The van der Waals surface area contributed by atoms with Gasteiger partial charge in [-0.25, -0.2) is 9.67 Å². The summed E-state index contributed by atoms with van der Waals surface area (Å²) in [4.78, 5) is 19.2. The van der Waals surface area contributed by atoms with Gasteiger partial charge in [0.25, 0.3) is 0 Å². The van der Waals surface area contributed by atoms with Gasteiger partial charge in [0.15, 0.2) is 0 Å². The largest absolute Gasteiger partial charge is 0.496 e. The molecular weight excluding hydrogens is 318 g/mol. The minimum Gasteiger partial charge on any atom is -0.496 e. The molecule has 2 heterocycles. The summed E-state index contributed by atoms with van der Waals surface area (Å²) in [6.45, 7) is 6.51. The summed E-state index contributed by atoms with van der Waals surface area (Å²) in [5, 5.41) is 7.30. The molecule has 2 aromatic rings. The first-order valence-corrected chi connectivity index (χ1v) is 8.58. The van der Waals surface area contributed by atoms with Crippen molar-refractivity contribution in [3.8, 4) is 5.75 Å². The molecule has 1 N–H and O–H groups in total. The van der Waals surface area contributed by atoms with E-state index in [1.807, 2.05) is 36.7 Å². The van der Waals surface area contributed by atoms with E-state index in [1.165, 1.54) is 0 Å². The zero-order valence-corrected chi connectivity index (χ0v) is 15.0. The standard InChI is InChI=1S/C18H25N5O2/c1-13(2)21-18(24)15-9-22(11-17-19-12-20-23(17)10-15)8-14-6-4-5-7-16(14)25-3/h4-7,12-13,15H,8-11H2,1-3H3,(H,21,24)/t15-/m0/s1. The van der Waals surface area contributed by atoms with Crippen molar-refractivity contribution in [3.63, 3.8) is 0 Å². The van der Waals surface area contributed by atoms with Crippen LogP contribution in [0.15, 0.2) is 30.6 Å². The lowest BCUT2D eigenvalue weighted by atomic mass is 10.1. The summed E-state index contributed by atoms with van der Waals surface area (Å²) < 4.78 is 7.30. The molecule has 0 saturated heterocycles. The number of para-hydroxylation sites is 1. The Bertz CT molecular complexity index is 728. The van der Waals surface area contributed by atoms with Crippen LogP contribution in [-0.4, -0.2) is 45.3 Å². The number of nitrogens with zero attached hydrogens (tertiary/aromatic N) is 4. The molecule has 0 fully saturated rings. The predicted octanol–water partition coefficient (Wildman–Crippen LogP) is 1.44. The van der Waals surface area contributed by atoms with Crippen LogP contribution in [0.3, 0.4) is 0 Å². The highest BCUT2D eigenvalue weighted by molar-refractivity contribution is 5.79. The Balaban J connectivity index is 1.82. The summed E-state index contributed by atoms with van der Waals surface area (Å²) in [5.41, 5.74) is 1.10. The highest BCUT2D eigenvalue weighted by Crippen LogP contribution is 2.22. The molecule has 0 radical (unpaired) electrons. The monoisotopic (exact) mass is 343 g/mol. The van der Waals surface area contributed by atoms with Crippen molar-refractivity contribution in [2.24, 2.45) is 5.92 Å². The number of hydrogen-bond acceptors (Lipinski definition) is 5. The Morgan fingerprint density at radius 2 is 2.16 bits per heavy atom. The minimum atomic E-state index is -0.167. The number of carbonyl (C=O) groups excluding carboxylic acids is 1. The Kier molecular flexibility index (Phi) is 5.33. The molecule has 1 aliphatic heterocycles. The molecule has 134 valence electrons. The fourth-order valence-electron chi connectivity index (χ4n) is 3.17. The molecule has 1 atom stereocenters. The first-order chi connectivity index (χ1) is 12.1. The van der Waals surface area contributed by atoms with Crippen molar-refractivity contribution >= 4 is 5.91 Å². The smallest absolute Gasteiger partial charge is 0.226 e. The molecule has 1 aliphatic rings. The lowest BCUT2D eigenvalue weighted by Crippen LogP contribution is -2.41. The maximum Gasteiger partial charge on any atom is 0.226 e. The Morgan fingerprint density at radius 1 is 1.36 bits per heavy atom. The predicted molar refractivity (Wildman–Crippen MR) is 93.9 cm³/mol. The molecule has 0 aliphatic carbocycles. The maximum atomic E-state index is 12.6. The van der Waals surface area contributed by atoms with Crippen molar-refractivity contribution in [1.29, 1.82) is 0 Å². The van der Waals surface area contributed by atoms with Gasteiger partial charge in [0.2, 0.25) is 5.91 Å². The van der Waals surface area contributed by atoms with Crippen LogP contribution < -0.4 is 10.1 Å². The normalized spacial score (nSPS) is 17.8. The van der Waals surface area contributed by atoms with E-state index in [9.17, 15) is 4.79 Å². The van der Waals surface area contributed by atoms with Gasteiger partial charge in [-0.15, -0.1) is 0 Å². The average Bonchev–Trinajstić information content (AvgIpc) is 2.93. The minimum absolute atomic E-state index is 0.0587. The van der Waals surface area contributed by atoms with Crippen LogP contribution in [0.5, 0.6) is 5.75 Å². The summed E-state index contributed by atoms with van der Waals surface area (Å²) >= 11 is 0. The molecule has 7 heteroatoms. The Labute approximate surface area is 148 Å². The van der Waals surface area contributed by atoms with E-state index in [2.05, 4.69) is 26.4 Å². The van der Waals surface area contributed by atoms with Crippen molar-refractivity contribution in [3.05, 3.63) is 42.0 Å². The number of carbonyl (C=O) groups is 1. The van der Waals surface area contributed by atoms with E-state index in [0.717, 1.165) is 17.1 Å². The molecule has 0 saturated carbocycles. The van der Waals surface area contributed by atoms with Crippen molar-refractivity contribution in [1.82, 2.24) is 25.0 Å². The fourth-order valence-corrected chi connectivity index (χ4v) is 3.17. The topological polar surface area (TPSA) is 72.3 Å². The highest BCUT2D eigenvalue weighted by Gasteiger charge is 2.28. The van der Waals surface area contributed by atoms with Crippen LogP contribution in [-0.2, 0) is 24.4 Å². The van der Waals surface area contributed by atoms with Crippen LogP contribution in [0.1, 0.15) is 25.2 Å². The molecule has 0 unspecified atom stereocenters. The number of aromatic nitrogens is 3. The van der Waals surface area contributed by atoms with E-state index >= 15 is 0 Å². The Hall–Kier alpha value is -2.41. The second-order valence-corrected chi connectivity index (χ2v) is 6.70. The van der Waals surface area contributed by atoms with E-state index < -0.39 is 0 Å². The van der Waals surface area contributed by atoms with Crippen molar-refractivity contribution in [2.45, 2.75) is 39.5 Å². The van der Waals surface area contributed by atoms with Crippen LogP contribution in [0, 0.1) is 5.92 Å². The number of rotatable bonds is 5. The number of ether oxygens (including phenoxy) is 1. The molecule has 25 heavy (non-hydrogen) atoms. The van der Waals surface area contributed by atoms with E-state index in [-0.39, 0.29) is 17.9 Å². The number of benzene rings is 1. The number of amides is 1. The summed E-state index contributed by atoms with van der Waals surface area (Å²) in [7, 11) is 1.68. The molecule has 3 rings (SSSR count). The molecule has 1 aromatic carbocycles. The second-order valence-electron chi connectivity index (χ2n) is 6.70. The molecule has 0 spiro atoms. The zero-order valence-electron chi connectivity index (χ0n) is 15.0. The molecule has 1 amide bonds. The van der Waals surface area contributed by atoms with Crippen LogP contribution >= 0.6 is 0 Å². The number of methoxy groups -OCH3 is 1. The molecule has 1 aromatic heterocycles. The van der Waals surface area contributed by atoms with Gasteiger partial charge in [0.05, 0.1) is 26.1 Å². The van der Waals surface area contributed by atoms with Crippen molar-refractivity contribution in [2.75, 3.05) is 13.7 Å². The summed E-state index contributed by atoms with van der Waals surface area (Å²) in [6.07, 6.45) is 1.55. The third-order valence-corrected chi connectivity index (χ3v) is 4.32. The fraction of sp³-hybridized carbons (Fsp3) is 0.500. The lowest BCUT2D eigenvalue weighted by Gasteiger charge is -2.24. The third kappa shape index (κ3) is 4.17. The molecule has 0 bridgehead atoms. The first-order valence-electron chi connectivity index (χ1n) is 8.58. The van der Waals surface area contributed by atoms with Gasteiger partial charge in [-0.1, -0.05) is 18.2 Å². The quantitative estimate of drug-likeness (QED) is 0.889. The summed E-state index contributed by atoms with van der Waals surface area (Å²) in [5.74, 6) is 1.63. The second kappa shape index (κ2) is 7.65. The van der Waals surface area contributed by atoms with Crippen LogP contribution in [0.4, 0.5) is 0 Å². The van der Waals surface area contributed by atoms with Gasteiger partial charge in [-0.2, -0.15) is 5.10 Å². The molecule has 7 nitrogen and oxygen atoms in total. The Morgan fingerprint density at radius 3 is 2.92 bits per heavy atom. The lowest BCUT2D eigenvalue weighted by molar-refractivity contribution is -0.126. The van der Waals surface area contributed by atoms with Crippen LogP contribution in [0.2, 0.25) is 0 Å². The van der Waals surface area contributed by atoms with E-state index in [4.69, 9.17) is 4.74 Å². The van der Waals surface area contributed by atoms with E-state index in [1.54, 1.807) is 13.4 Å². The van der Waals surface area contributed by atoms with Gasteiger partial charge in [-0.3, -0.25) is 9.69 Å². The van der Waals surface area contributed by atoms with Gasteiger partial charge < -0.3 is 10.1 Å². The average molecular weight is 343 g/mol. The highest BCUT2D eigenvalue weighted by atomic mass is 16.5. The van der Waals surface area contributed by atoms with Crippen molar-refractivity contribution < 1.29 is 9.53 Å². The molecular formula is C18H25N5O2. The van der Waals surface area contributed by atoms with Gasteiger partial charge in [0, 0.05) is 24.7 Å². The summed E-state index contributed by atoms with van der Waals surface area (Å²) in [6, 6.07) is 8.09. The number of hydrogen-bond donors (Lipinski definition) is 1. The van der Waals surface area contributed by atoms with Gasteiger partial charge >= 0.3 is 0 Å². The van der Waals surface area contributed by atoms with Crippen LogP contribution in [0.25, 0.3) is 0 Å². The first kappa shape index (κ1) is 17.4. The number of fused-ring (bicyclic) bond motifs is 1. The number of nitrogens with one attached hydrogen (secondary N) is 1. The van der Waals surface area contributed by atoms with E-state index in [0.29, 0.717) is 26.2 Å². The SMILES string of the molecule is COc1ccccc1CN1Cc2ncnn2C[C@@H](C(=O)NC(C)C)C1.